The Morgan fingerprint density at radius 3 is 2.15 bits per heavy atom. The zero-order chi connectivity index (χ0) is 34.4. The zero-order valence-corrected chi connectivity index (χ0v) is 29.0. The lowest BCUT2D eigenvalue weighted by atomic mass is 9.83. The Morgan fingerprint density at radius 1 is 1.00 bits per heavy atom. The highest BCUT2D eigenvalue weighted by atomic mass is 35.5. The van der Waals surface area contributed by atoms with Crippen molar-refractivity contribution in [2.24, 2.45) is 0 Å². The largest absolute Gasteiger partial charge is 0.384 e. The first-order valence-corrected chi connectivity index (χ1v) is 18.4. The molecule has 0 aliphatic carbocycles. The normalized spacial score (nSPS) is 14.0. The molecule has 2 N–H and O–H groups in total. The van der Waals surface area contributed by atoms with Gasteiger partial charge in [-0.1, -0.05) is 35.3 Å². The first kappa shape index (κ1) is 36.2. The standard InChI is InChI=1S/C31H33Cl2F2N2O7PS/c1-30(2,28-21(32)8-7-9-22(28)33)29-36-27(31(3,4)38)15-37(29)25-11-10-18(12-24(25)35)19-13-23(34)20(26(14-19)46(6,41)42)16-43-17-44-45(5,39)40/h7-15,38H,16-17H2,1-6H3,(H,39,40). The van der Waals surface area contributed by atoms with Gasteiger partial charge >= 0.3 is 7.60 Å². The Morgan fingerprint density at radius 2 is 1.61 bits per heavy atom. The quantitative estimate of drug-likeness (QED) is 0.0935. The molecular formula is C31H33Cl2F2N2O7PS. The number of rotatable bonds is 11. The summed E-state index contributed by atoms with van der Waals surface area (Å²) < 4.78 is 79.0. The molecule has 1 aromatic heterocycles. The molecule has 0 fully saturated rings. The van der Waals surface area contributed by atoms with Crippen LogP contribution >= 0.6 is 30.8 Å². The van der Waals surface area contributed by atoms with E-state index in [0.29, 0.717) is 21.4 Å². The van der Waals surface area contributed by atoms with Gasteiger partial charge in [0.15, 0.2) is 16.6 Å². The molecule has 46 heavy (non-hydrogen) atoms. The second-order valence-electron chi connectivity index (χ2n) is 11.9. The average Bonchev–Trinajstić information content (AvgIpc) is 3.37. The van der Waals surface area contributed by atoms with E-state index in [-0.39, 0.29) is 28.1 Å². The molecule has 4 rings (SSSR count). The number of benzene rings is 3. The van der Waals surface area contributed by atoms with Crippen molar-refractivity contribution in [1.82, 2.24) is 9.55 Å². The van der Waals surface area contributed by atoms with E-state index in [9.17, 15) is 23.0 Å². The Hall–Kier alpha value is -2.67. The van der Waals surface area contributed by atoms with Crippen LogP contribution in [-0.2, 0) is 41.3 Å². The fourth-order valence-electron chi connectivity index (χ4n) is 4.92. The molecule has 0 saturated heterocycles. The molecule has 4 aromatic rings. The lowest BCUT2D eigenvalue weighted by molar-refractivity contribution is -0.00164. The van der Waals surface area contributed by atoms with Gasteiger partial charge in [-0.25, -0.2) is 22.2 Å². The Labute approximate surface area is 276 Å². The molecule has 248 valence electrons. The van der Waals surface area contributed by atoms with Gasteiger partial charge < -0.3 is 14.7 Å². The predicted octanol–water partition coefficient (Wildman–Crippen LogP) is 7.39. The fourth-order valence-corrected chi connectivity index (χ4v) is 7.00. The lowest BCUT2D eigenvalue weighted by Gasteiger charge is -2.28. The van der Waals surface area contributed by atoms with Crippen LogP contribution in [0.25, 0.3) is 16.8 Å². The number of hydrogen-bond donors (Lipinski definition) is 2. The molecule has 1 atom stereocenters. The first-order chi connectivity index (χ1) is 21.1. The Bertz CT molecular complexity index is 1930. The summed E-state index contributed by atoms with van der Waals surface area (Å²) in [5.41, 5.74) is -1.60. The van der Waals surface area contributed by atoms with E-state index >= 15 is 8.78 Å². The third-order valence-electron chi connectivity index (χ3n) is 7.20. The maximum atomic E-state index is 16.0. The molecule has 1 heterocycles. The highest BCUT2D eigenvalue weighted by molar-refractivity contribution is 7.90. The van der Waals surface area contributed by atoms with E-state index in [1.54, 1.807) is 32.0 Å². The van der Waals surface area contributed by atoms with Gasteiger partial charge in [0.05, 0.1) is 28.3 Å². The summed E-state index contributed by atoms with van der Waals surface area (Å²) in [6.07, 6.45) is 2.39. The van der Waals surface area contributed by atoms with Crippen LogP contribution in [0.15, 0.2) is 59.6 Å². The van der Waals surface area contributed by atoms with Crippen LogP contribution < -0.4 is 0 Å². The molecule has 0 aliphatic heterocycles. The highest BCUT2D eigenvalue weighted by Crippen LogP contribution is 2.42. The first-order valence-electron chi connectivity index (χ1n) is 13.7. The minimum absolute atomic E-state index is 0.0453. The monoisotopic (exact) mass is 716 g/mol. The number of ether oxygens (including phenoxy) is 1. The minimum Gasteiger partial charge on any atom is -0.384 e. The van der Waals surface area contributed by atoms with Gasteiger partial charge in [-0.2, -0.15) is 0 Å². The Balaban J connectivity index is 1.81. The van der Waals surface area contributed by atoms with Crippen molar-refractivity contribution in [3.05, 3.63) is 99.1 Å². The average molecular weight is 718 g/mol. The van der Waals surface area contributed by atoms with Crippen LogP contribution in [-0.4, -0.2) is 47.7 Å². The molecule has 0 aliphatic rings. The van der Waals surface area contributed by atoms with Crippen molar-refractivity contribution in [1.29, 1.82) is 0 Å². The summed E-state index contributed by atoms with van der Waals surface area (Å²) in [6.45, 7) is 6.42. The van der Waals surface area contributed by atoms with Gasteiger partial charge in [-0.15, -0.1) is 0 Å². The molecule has 0 amide bonds. The van der Waals surface area contributed by atoms with Crippen LogP contribution in [0.3, 0.4) is 0 Å². The number of hydrogen-bond acceptors (Lipinski definition) is 7. The van der Waals surface area contributed by atoms with Crippen molar-refractivity contribution < 1.29 is 41.0 Å². The molecule has 0 saturated carbocycles. The topological polar surface area (TPSA) is 128 Å². The number of aliphatic hydroxyl groups is 1. The van der Waals surface area contributed by atoms with Crippen molar-refractivity contribution in [2.45, 2.75) is 50.2 Å². The van der Waals surface area contributed by atoms with Gasteiger partial charge in [0.25, 0.3) is 0 Å². The number of sulfone groups is 1. The third-order valence-corrected chi connectivity index (χ3v) is 9.57. The van der Waals surface area contributed by atoms with Gasteiger partial charge in [0.1, 0.15) is 23.1 Å². The van der Waals surface area contributed by atoms with Crippen LogP contribution in [0.4, 0.5) is 8.78 Å². The predicted molar refractivity (Wildman–Crippen MR) is 172 cm³/mol. The van der Waals surface area contributed by atoms with Crippen molar-refractivity contribution in [2.75, 3.05) is 19.7 Å². The highest BCUT2D eigenvalue weighted by Gasteiger charge is 2.36. The van der Waals surface area contributed by atoms with Gasteiger partial charge in [-0.3, -0.25) is 13.7 Å². The SMILES string of the molecule is CC(C)(O)c1cn(-c2ccc(-c3cc(F)c(COCOP(C)(=O)O)c(S(C)(=O)=O)c3)cc2F)c(C(C)(C)c2c(Cl)cccc2Cl)n1. The molecule has 0 spiro atoms. The molecule has 1 unspecified atom stereocenters. The van der Waals surface area contributed by atoms with Gasteiger partial charge in [0.2, 0.25) is 0 Å². The lowest BCUT2D eigenvalue weighted by Crippen LogP contribution is -2.25. The summed E-state index contributed by atoms with van der Waals surface area (Å²) in [6, 6.07) is 11.3. The number of aromatic nitrogens is 2. The summed E-state index contributed by atoms with van der Waals surface area (Å²) in [5, 5.41) is 11.5. The van der Waals surface area contributed by atoms with E-state index < -0.39 is 58.4 Å². The summed E-state index contributed by atoms with van der Waals surface area (Å²) in [7, 11) is -7.86. The minimum atomic E-state index is -4.00. The van der Waals surface area contributed by atoms with E-state index in [4.69, 9.17) is 27.9 Å². The zero-order valence-electron chi connectivity index (χ0n) is 25.8. The van der Waals surface area contributed by atoms with Gasteiger partial charge in [0, 0.05) is 40.3 Å². The van der Waals surface area contributed by atoms with Crippen LogP contribution in [0.1, 0.15) is 50.3 Å². The van der Waals surface area contributed by atoms with E-state index in [0.717, 1.165) is 25.1 Å². The van der Waals surface area contributed by atoms with Gasteiger partial charge in [-0.05, 0) is 75.2 Å². The second kappa shape index (κ2) is 13.1. The van der Waals surface area contributed by atoms with Crippen molar-refractivity contribution in [3.63, 3.8) is 0 Å². The number of halogens is 4. The second-order valence-corrected chi connectivity index (χ2v) is 16.5. The third kappa shape index (κ3) is 7.89. The molecule has 0 bridgehead atoms. The van der Waals surface area contributed by atoms with Crippen molar-refractivity contribution in [3.8, 4) is 16.8 Å². The smallest absolute Gasteiger partial charge is 0.327 e. The maximum absolute atomic E-state index is 16.0. The van der Waals surface area contributed by atoms with E-state index in [1.807, 2.05) is 13.8 Å². The number of nitrogens with zero attached hydrogens (tertiary/aromatic N) is 2. The van der Waals surface area contributed by atoms with Crippen LogP contribution in [0.2, 0.25) is 10.0 Å². The maximum Gasteiger partial charge on any atom is 0.327 e. The van der Waals surface area contributed by atoms with E-state index in [1.165, 1.54) is 29.0 Å². The van der Waals surface area contributed by atoms with Crippen LogP contribution in [0, 0.1) is 11.6 Å². The molecule has 0 radical (unpaired) electrons. The molecular weight excluding hydrogens is 684 g/mol. The summed E-state index contributed by atoms with van der Waals surface area (Å²) >= 11 is 13.1. The Kier molecular flexibility index (Phi) is 10.3. The van der Waals surface area contributed by atoms with Crippen LogP contribution in [0.5, 0.6) is 0 Å². The number of imidazole rings is 1. The summed E-state index contributed by atoms with van der Waals surface area (Å²) in [4.78, 5) is 13.5. The fraction of sp³-hybridized carbons (Fsp3) is 0.323. The molecule has 9 nitrogen and oxygen atoms in total. The summed E-state index contributed by atoms with van der Waals surface area (Å²) in [5.74, 6) is -1.37. The van der Waals surface area contributed by atoms with E-state index in [2.05, 4.69) is 9.51 Å². The molecule has 3 aromatic carbocycles. The molecule has 15 heteroatoms. The van der Waals surface area contributed by atoms with Crippen molar-refractivity contribution >= 4 is 40.6 Å².